The second-order valence-electron chi connectivity index (χ2n) is 4.88. The molecule has 1 aromatic carbocycles. The van der Waals surface area contributed by atoms with Crippen molar-refractivity contribution < 1.29 is 8.42 Å². The van der Waals surface area contributed by atoms with Gasteiger partial charge >= 0.3 is 0 Å². The van der Waals surface area contributed by atoms with Crippen LogP contribution in [0.1, 0.15) is 25.3 Å². The fraction of sp³-hybridized carbons (Fsp3) is 0.571. The summed E-state index contributed by atoms with van der Waals surface area (Å²) in [6.45, 7) is 4.71. The van der Waals surface area contributed by atoms with Crippen LogP contribution in [0.15, 0.2) is 28.7 Å². The lowest BCUT2D eigenvalue weighted by atomic mass is 10.2. The highest BCUT2D eigenvalue weighted by Crippen LogP contribution is 2.11. The first-order valence-electron chi connectivity index (χ1n) is 7.12. The Morgan fingerprint density at radius 3 is 2.71 bits per heavy atom. The van der Waals surface area contributed by atoms with Gasteiger partial charge in [0.15, 0.2) is 0 Å². The molecule has 0 saturated carbocycles. The Morgan fingerprint density at radius 1 is 1.29 bits per heavy atom. The van der Waals surface area contributed by atoms with E-state index in [1.807, 2.05) is 24.3 Å². The molecule has 0 amide bonds. The first kappa shape index (κ1) is 18.6. The van der Waals surface area contributed by atoms with Gasteiger partial charge in [0.1, 0.15) is 0 Å². The Bertz CT molecular complexity index is 523. The molecule has 0 aromatic heterocycles. The SMILES string of the molecule is CCCNCCCN(C)S(=O)(=O)NCc1cccc(Br)c1. The summed E-state index contributed by atoms with van der Waals surface area (Å²) in [5, 5.41) is 3.26. The van der Waals surface area contributed by atoms with Crippen molar-refractivity contribution in [3.63, 3.8) is 0 Å². The fourth-order valence-corrected chi connectivity index (χ4v) is 3.17. The number of benzene rings is 1. The molecule has 0 atom stereocenters. The van der Waals surface area contributed by atoms with Crippen LogP contribution < -0.4 is 10.0 Å². The topological polar surface area (TPSA) is 61.4 Å². The highest BCUT2D eigenvalue weighted by atomic mass is 79.9. The number of halogens is 1. The van der Waals surface area contributed by atoms with E-state index >= 15 is 0 Å². The molecule has 0 spiro atoms. The molecule has 0 aliphatic rings. The molecule has 0 unspecified atom stereocenters. The van der Waals surface area contributed by atoms with Crippen LogP contribution in [0.5, 0.6) is 0 Å². The van der Waals surface area contributed by atoms with Crippen LogP contribution in [0.4, 0.5) is 0 Å². The van der Waals surface area contributed by atoms with Crippen LogP contribution >= 0.6 is 15.9 Å². The van der Waals surface area contributed by atoms with Crippen molar-refractivity contribution in [1.82, 2.24) is 14.3 Å². The van der Waals surface area contributed by atoms with Gasteiger partial charge in [0, 0.05) is 24.6 Å². The molecule has 120 valence electrons. The molecular formula is C14H24BrN3O2S. The fourth-order valence-electron chi connectivity index (χ4n) is 1.78. The monoisotopic (exact) mass is 377 g/mol. The zero-order chi connectivity index (χ0) is 15.7. The highest BCUT2D eigenvalue weighted by molar-refractivity contribution is 9.10. The van der Waals surface area contributed by atoms with E-state index in [2.05, 4.69) is 32.9 Å². The van der Waals surface area contributed by atoms with Gasteiger partial charge < -0.3 is 5.32 Å². The third-order valence-electron chi connectivity index (χ3n) is 3.01. The Hall–Kier alpha value is -0.470. The van der Waals surface area contributed by atoms with Gasteiger partial charge in [-0.2, -0.15) is 17.4 Å². The number of nitrogens with one attached hydrogen (secondary N) is 2. The van der Waals surface area contributed by atoms with Gasteiger partial charge in [0.25, 0.3) is 10.2 Å². The molecular weight excluding hydrogens is 354 g/mol. The van der Waals surface area contributed by atoms with Gasteiger partial charge in [-0.15, -0.1) is 0 Å². The van der Waals surface area contributed by atoms with Crippen molar-refractivity contribution in [2.24, 2.45) is 0 Å². The third kappa shape index (κ3) is 7.37. The summed E-state index contributed by atoms with van der Waals surface area (Å²) in [5.41, 5.74) is 0.922. The minimum atomic E-state index is -3.42. The second-order valence-corrected chi connectivity index (χ2v) is 7.66. The summed E-state index contributed by atoms with van der Waals surface area (Å²) < 4.78 is 29.1. The number of hydrogen-bond acceptors (Lipinski definition) is 3. The molecule has 21 heavy (non-hydrogen) atoms. The standard InChI is InChI=1S/C14H24BrN3O2S/c1-3-8-16-9-5-10-18(2)21(19,20)17-12-13-6-4-7-14(15)11-13/h4,6-7,11,16-17H,3,5,8-10,12H2,1-2H3. The van der Waals surface area contributed by atoms with E-state index in [9.17, 15) is 8.42 Å². The minimum absolute atomic E-state index is 0.292. The predicted molar refractivity (Wildman–Crippen MR) is 90.3 cm³/mol. The van der Waals surface area contributed by atoms with Crippen LogP contribution in [-0.2, 0) is 16.8 Å². The average Bonchev–Trinajstić information content (AvgIpc) is 2.45. The molecule has 0 fully saturated rings. The van der Waals surface area contributed by atoms with Crippen LogP contribution in [0, 0.1) is 0 Å². The van der Waals surface area contributed by atoms with Gasteiger partial charge in [-0.3, -0.25) is 0 Å². The molecule has 0 radical (unpaired) electrons. The molecule has 1 rings (SSSR count). The smallest absolute Gasteiger partial charge is 0.279 e. The molecule has 0 saturated heterocycles. The molecule has 0 heterocycles. The molecule has 1 aromatic rings. The van der Waals surface area contributed by atoms with Crippen molar-refractivity contribution in [2.75, 3.05) is 26.7 Å². The molecule has 0 aliphatic heterocycles. The zero-order valence-electron chi connectivity index (χ0n) is 12.6. The Morgan fingerprint density at radius 2 is 2.05 bits per heavy atom. The summed E-state index contributed by atoms with van der Waals surface area (Å²) >= 11 is 3.37. The highest BCUT2D eigenvalue weighted by Gasteiger charge is 2.16. The summed E-state index contributed by atoms with van der Waals surface area (Å²) in [4.78, 5) is 0. The summed E-state index contributed by atoms with van der Waals surface area (Å²) in [6, 6.07) is 7.59. The normalized spacial score (nSPS) is 12.0. The second kappa shape index (κ2) is 9.53. The third-order valence-corrected chi connectivity index (χ3v) is 5.02. The van der Waals surface area contributed by atoms with E-state index in [0.29, 0.717) is 13.1 Å². The first-order valence-corrected chi connectivity index (χ1v) is 9.35. The van der Waals surface area contributed by atoms with Crippen LogP contribution in [0.3, 0.4) is 0 Å². The van der Waals surface area contributed by atoms with E-state index < -0.39 is 10.2 Å². The maximum Gasteiger partial charge on any atom is 0.279 e. The lowest BCUT2D eigenvalue weighted by Gasteiger charge is -2.18. The first-order chi connectivity index (χ1) is 9.95. The summed E-state index contributed by atoms with van der Waals surface area (Å²) in [5.74, 6) is 0. The lowest BCUT2D eigenvalue weighted by molar-refractivity contribution is 0.444. The Labute approximate surface area is 136 Å². The van der Waals surface area contributed by atoms with Gasteiger partial charge in [-0.05, 0) is 43.6 Å². The molecule has 0 aliphatic carbocycles. The van der Waals surface area contributed by atoms with Crippen LogP contribution in [-0.4, -0.2) is 39.4 Å². The summed E-state index contributed by atoms with van der Waals surface area (Å²) in [7, 11) is -1.82. The van der Waals surface area contributed by atoms with Gasteiger partial charge in [-0.1, -0.05) is 35.0 Å². The largest absolute Gasteiger partial charge is 0.317 e. The number of rotatable bonds is 10. The van der Waals surface area contributed by atoms with E-state index in [4.69, 9.17) is 0 Å². The van der Waals surface area contributed by atoms with Crippen molar-refractivity contribution in [2.45, 2.75) is 26.3 Å². The molecule has 5 nitrogen and oxygen atoms in total. The van der Waals surface area contributed by atoms with Crippen molar-refractivity contribution in [3.05, 3.63) is 34.3 Å². The van der Waals surface area contributed by atoms with E-state index in [1.165, 1.54) is 4.31 Å². The minimum Gasteiger partial charge on any atom is -0.317 e. The zero-order valence-corrected chi connectivity index (χ0v) is 15.0. The quantitative estimate of drug-likeness (QED) is 0.613. The predicted octanol–water partition coefficient (Wildman–Crippen LogP) is 2.11. The molecule has 2 N–H and O–H groups in total. The molecule has 0 bridgehead atoms. The summed E-state index contributed by atoms with van der Waals surface area (Å²) in [6.07, 6.45) is 1.89. The lowest BCUT2D eigenvalue weighted by Crippen LogP contribution is -2.39. The van der Waals surface area contributed by atoms with E-state index in [1.54, 1.807) is 7.05 Å². The maximum absolute atomic E-state index is 12.1. The van der Waals surface area contributed by atoms with Crippen molar-refractivity contribution in [3.8, 4) is 0 Å². The number of hydrogen-bond donors (Lipinski definition) is 2. The van der Waals surface area contributed by atoms with Crippen molar-refractivity contribution >= 4 is 26.1 Å². The van der Waals surface area contributed by atoms with Gasteiger partial charge in [-0.25, -0.2) is 0 Å². The Kier molecular flexibility index (Phi) is 8.43. The number of nitrogens with zero attached hydrogens (tertiary/aromatic N) is 1. The van der Waals surface area contributed by atoms with Gasteiger partial charge in [0.2, 0.25) is 0 Å². The molecule has 7 heteroatoms. The maximum atomic E-state index is 12.1. The van der Waals surface area contributed by atoms with E-state index in [-0.39, 0.29) is 0 Å². The average molecular weight is 378 g/mol. The van der Waals surface area contributed by atoms with Crippen molar-refractivity contribution in [1.29, 1.82) is 0 Å². The van der Waals surface area contributed by atoms with E-state index in [0.717, 1.165) is 36.0 Å². The van der Waals surface area contributed by atoms with Gasteiger partial charge in [0.05, 0.1) is 0 Å². The van der Waals surface area contributed by atoms with Crippen LogP contribution in [0.25, 0.3) is 0 Å². The Balaban J connectivity index is 2.38. The van der Waals surface area contributed by atoms with Crippen LogP contribution in [0.2, 0.25) is 0 Å².